The van der Waals surface area contributed by atoms with Crippen molar-refractivity contribution in [2.75, 3.05) is 40.0 Å². The SMILES string of the molecule is CCCCCCCCCCCCCCCCCCN(C)CC(Cl)OCC.OCCO. The molecule has 0 aromatic heterocycles. The van der Waals surface area contributed by atoms with E-state index in [4.69, 9.17) is 26.6 Å². The van der Waals surface area contributed by atoms with Crippen LogP contribution in [-0.2, 0) is 4.74 Å². The first-order valence-electron chi connectivity index (χ1n) is 12.8. The second-order valence-electron chi connectivity index (χ2n) is 8.38. The van der Waals surface area contributed by atoms with Crippen molar-refractivity contribution in [2.24, 2.45) is 0 Å². The van der Waals surface area contributed by atoms with E-state index in [1.165, 1.54) is 103 Å². The lowest BCUT2D eigenvalue weighted by molar-refractivity contribution is 0.0921. The molecule has 1 atom stereocenters. The average Bonchev–Trinajstić information content (AvgIpc) is 2.73. The van der Waals surface area contributed by atoms with Crippen LogP contribution in [0.5, 0.6) is 0 Å². The van der Waals surface area contributed by atoms with Crippen molar-refractivity contribution in [3.8, 4) is 0 Å². The number of likely N-dealkylation sites (N-methyl/N-ethyl adjacent to an activating group) is 1. The Bertz CT molecular complexity index is 294. The van der Waals surface area contributed by atoms with Gasteiger partial charge in [0.05, 0.1) is 13.2 Å². The van der Waals surface area contributed by atoms with Crippen LogP contribution in [-0.4, -0.2) is 60.6 Å². The molecule has 0 rings (SSSR count). The van der Waals surface area contributed by atoms with Gasteiger partial charge in [-0.05, 0) is 26.9 Å². The Morgan fingerprint density at radius 1 is 0.667 bits per heavy atom. The standard InChI is InChI=1S/C23H48ClNO.C2H6O2/c1-4-6-7-8-9-10-11-12-13-14-15-16-17-18-19-20-21-25(3)22-23(24)26-5-2;3-1-2-4/h23H,4-22H2,1-3H3;3-4H,1-2H2. The summed E-state index contributed by atoms with van der Waals surface area (Å²) in [7, 11) is 2.14. The van der Waals surface area contributed by atoms with E-state index in [-0.39, 0.29) is 18.8 Å². The monoisotopic (exact) mass is 451 g/mol. The van der Waals surface area contributed by atoms with Crippen LogP contribution in [0, 0.1) is 0 Å². The number of ether oxygens (including phenoxy) is 1. The molecule has 5 heteroatoms. The molecule has 184 valence electrons. The molecule has 0 spiro atoms. The van der Waals surface area contributed by atoms with Gasteiger partial charge in [-0.3, -0.25) is 0 Å². The lowest BCUT2D eigenvalue weighted by atomic mass is 10.0. The first kappa shape index (κ1) is 32.3. The summed E-state index contributed by atoms with van der Waals surface area (Å²) in [5.41, 5.74) is -0.161. The number of nitrogens with zero attached hydrogens (tertiary/aromatic N) is 1. The van der Waals surface area contributed by atoms with Crippen LogP contribution in [0.1, 0.15) is 117 Å². The maximum absolute atomic E-state index is 7.62. The van der Waals surface area contributed by atoms with Crippen LogP contribution < -0.4 is 0 Å². The smallest absolute Gasteiger partial charge is 0.143 e. The molecule has 0 amide bonds. The summed E-state index contributed by atoms with van der Waals surface area (Å²) in [5, 5.41) is 15.2. The molecule has 0 aromatic rings. The van der Waals surface area contributed by atoms with Crippen LogP contribution in [0.2, 0.25) is 0 Å². The third-order valence-corrected chi connectivity index (χ3v) is 5.56. The molecule has 2 N–H and O–H groups in total. The Kier molecular flexibility index (Phi) is 31.4. The number of aliphatic hydroxyl groups excluding tert-OH is 2. The maximum Gasteiger partial charge on any atom is 0.143 e. The molecule has 0 aliphatic heterocycles. The van der Waals surface area contributed by atoms with Crippen molar-refractivity contribution < 1.29 is 14.9 Å². The number of alkyl halides is 1. The molecule has 0 bridgehead atoms. The van der Waals surface area contributed by atoms with Gasteiger partial charge in [0.25, 0.3) is 0 Å². The molecule has 0 saturated carbocycles. The normalized spacial score (nSPS) is 12.1. The van der Waals surface area contributed by atoms with Crippen LogP contribution >= 0.6 is 11.6 Å². The van der Waals surface area contributed by atoms with Gasteiger partial charge in [-0.2, -0.15) is 0 Å². The molecule has 30 heavy (non-hydrogen) atoms. The summed E-state index contributed by atoms with van der Waals surface area (Å²) in [6.45, 7) is 6.69. The predicted molar refractivity (Wildman–Crippen MR) is 132 cm³/mol. The molecule has 1 unspecified atom stereocenters. The van der Waals surface area contributed by atoms with E-state index in [2.05, 4.69) is 18.9 Å². The molecule has 0 aliphatic carbocycles. The van der Waals surface area contributed by atoms with Crippen molar-refractivity contribution >= 4 is 11.6 Å². The first-order chi connectivity index (χ1) is 14.6. The number of unbranched alkanes of at least 4 members (excludes halogenated alkanes) is 15. The van der Waals surface area contributed by atoms with E-state index in [1.54, 1.807) is 0 Å². The largest absolute Gasteiger partial charge is 0.394 e. The maximum atomic E-state index is 7.62. The van der Waals surface area contributed by atoms with Gasteiger partial charge in [-0.1, -0.05) is 115 Å². The quantitative estimate of drug-likeness (QED) is 0.141. The molecular formula is C25H54ClNO3. The Morgan fingerprint density at radius 3 is 1.37 bits per heavy atom. The topological polar surface area (TPSA) is 52.9 Å². The van der Waals surface area contributed by atoms with Crippen molar-refractivity contribution in [2.45, 2.75) is 122 Å². The zero-order valence-electron chi connectivity index (χ0n) is 20.6. The molecule has 0 radical (unpaired) electrons. The Hall–Kier alpha value is 0.130. The molecule has 0 aliphatic rings. The van der Waals surface area contributed by atoms with Gasteiger partial charge < -0.3 is 19.8 Å². The molecule has 4 nitrogen and oxygen atoms in total. The average molecular weight is 452 g/mol. The number of hydrogen-bond acceptors (Lipinski definition) is 4. The predicted octanol–water partition coefficient (Wildman–Crippen LogP) is 6.75. The Labute approximate surface area is 193 Å². The number of halogens is 1. The van der Waals surface area contributed by atoms with Gasteiger partial charge in [-0.15, -0.1) is 0 Å². The third-order valence-electron chi connectivity index (χ3n) is 5.30. The highest BCUT2D eigenvalue weighted by molar-refractivity contribution is 6.19. The highest BCUT2D eigenvalue weighted by Gasteiger charge is 2.07. The third kappa shape index (κ3) is 30.3. The van der Waals surface area contributed by atoms with Gasteiger partial charge >= 0.3 is 0 Å². The van der Waals surface area contributed by atoms with Crippen molar-refractivity contribution in [3.05, 3.63) is 0 Å². The fourth-order valence-electron chi connectivity index (χ4n) is 3.50. The molecule has 0 fully saturated rings. The zero-order chi connectivity index (χ0) is 22.7. The zero-order valence-corrected chi connectivity index (χ0v) is 21.3. The van der Waals surface area contributed by atoms with Gasteiger partial charge in [0.2, 0.25) is 0 Å². The van der Waals surface area contributed by atoms with E-state index < -0.39 is 0 Å². The van der Waals surface area contributed by atoms with Crippen LogP contribution in [0.15, 0.2) is 0 Å². The van der Waals surface area contributed by atoms with Crippen molar-refractivity contribution in [1.29, 1.82) is 0 Å². The summed E-state index contributed by atoms with van der Waals surface area (Å²) in [6, 6.07) is 0. The van der Waals surface area contributed by atoms with E-state index in [0.717, 1.165) is 13.1 Å². The first-order valence-corrected chi connectivity index (χ1v) is 13.2. The van der Waals surface area contributed by atoms with Gasteiger partial charge in [0.1, 0.15) is 5.56 Å². The van der Waals surface area contributed by atoms with E-state index in [0.29, 0.717) is 6.61 Å². The van der Waals surface area contributed by atoms with E-state index in [1.807, 2.05) is 6.92 Å². The minimum Gasteiger partial charge on any atom is -0.394 e. The van der Waals surface area contributed by atoms with E-state index >= 15 is 0 Å². The molecule has 0 saturated heterocycles. The summed E-state index contributed by atoms with van der Waals surface area (Å²) in [6.07, 6.45) is 22.8. The highest BCUT2D eigenvalue weighted by atomic mass is 35.5. The van der Waals surface area contributed by atoms with E-state index in [9.17, 15) is 0 Å². The summed E-state index contributed by atoms with van der Waals surface area (Å²) < 4.78 is 5.37. The van der Waals surface area contributed by atoms with Crippen molar-refractivity contribution in [1.82, 2.24) is 4.90 Å². The lowest BCUT2D eigenvalue weighted by Gasteiger charge is -2.19. The molecular weight excluding hydrogens is 398 g/mol. The minimum atomic E-state index is -0.161. The second kappa shape index (κ2) is 29.1. The number of aliphatic hydroxyl groups is 2. The van der Waals surface area contributed by atoms with Gasteiger partial charge in [0, 0.05) is 13.2 Å². The molecule has 0 aromatic carbocycles. The Balaban J connectivity index is 0. The van der Waals surface area contributed by atoms with Crippen LogP contribution in [0.4, 0.5) is 0 Å². The Morgan fingerprint density at radius 2 is 1.03 bits per heavy atom. The summed E-state index contributed by atoms with van der Waals surface area (Å²) >= 11 is 6.09. The van der Waals surface area contributed by atoms with Crippen LogP contribution in [0.3, 0.4) is 0 Å². The summed E-state index contributed by atoms with van der Waals surface area (Å²) in [5.74, 6) is 0. The lowest BCUT2D eigenvalue weighted by Crippen LogP contribution is -2.28. The number of hydrogen-bond donors (Lipinski definition) is 2. The van der Waals surface area contributed by atoms with Crippen molar-refractivity contribution in [3.63, 3.8) is 0 Å². The fraction of sp³-hybridized carbons (Fsp3) is 1.00. The van der Waals surface area contributed by atoms with Gasteiger partial charge in [-0.25, -0.2) is 0 Å². The number of rotatable bonds is 22. The minimum absolute atomic E-state index is 0.125. The highest BCUT2D eigenvalue weighted by Crippen LogP contribution is 2.13. The second-order valence-corrected chi connectivity index (χ2v) is 8.86. The summed E-state index contributed by atoms with van der Waals surface area (Å²) in [4.78, 5) is 2.29. The van der Waals surface area contributed by atoms with Crippen LogP contribution in [0.25, 0.3) is 0 Å². The van der Waals surface area contributed by atoms with Gasteiger partial charge in [0.15, 0.2) is 0 Å². The fourth-order valence-corrected chi connectivity index (χ4v) is 3.86. The molecule has 0 heterocycles.